The molecule has 6 heteroatoms. The minimum atomic E-state index is 0.0788. The summed E-state index contributed by atoms with van der Waals surface area (Å²) >= 11 is 0. The van der Waals surface area contributed by atoms with Crippen LogP contribution in [-0.2, 0) is 4.79 Å². The van der Waals surface area contributed by atoms with E-state index >= 15 is 0 Å². The van der Waals surface area contributed by atoms with Gasteiger partial charge in [-0.1, -0.05) is 0 Å². The molecule has 100 valence electrons. The maximum Gasteiger partial charge on any atom is 0.223 e. The van der Waals surface area contributed by atoms with Gasteiger partial charge in [0.25, 0.3) is 0 Å². The van der Waals surface area contributed by atoms with E-state index in [1.54, 1.807) is 25.1 Å². The summed E-state index contributed by atoms with van der Waals surface area (Å²) < 4.78 is 0. The van der Waals surface area contributed by atoms with E-state index in [4.69, 9.17) is 5.73 Å². The van der Waals surface area contributed by atoms with E-state index in [1.165, 1.54) is 6.33 Å². The summed E-state index contributed by atoms with van der Waals surface area (Å²) in [5.74, 6) is 0.798. The Bertz CT molecular complexity index is 597. The first-order valence-corrected chi connectivity index (χ1v) is 6.02. The standard InChI is InChI=1S/C13H17N5O/c1-18(2)12(19)5-6-15-13-10-4-3-9(14)7-11(10)16-8-17-13/h3-4,7-8H,5-6,14H2,1-2H3,(H,15,16,17). The third-order valence-electron chi connectivity index (χ3n) is 2.79. The van der Waals surface area contributed by atoms with Crippen LogP contribution in [0.4, 0.5) is 11.5 Å². The van der Waals surface area contributed by atoms with Crippen molar-refractivity contribution in [2.24, 2.45) is 0 Å². The highest BCUT2D eigenvalue weighted by molar-refractivity contribution is 5.90. The van der Waals surface area contributed by atoms with Crippen LogP contribution in [0.3, 0.4) is 0 Å². The molecule has 1 amide bonds. The number of anilines is 2. The zero-order valence-corrected chi connectivity index (χ0v) is 11.1. The van der Waals surface area contributed by atoms with Gasteiger partial charge in [-0.2, -0.15) is 0 Å². The SMILES string of the molecule is CN(C)C(=O)CCNc1ncnc2cc(N)ccc12. The zero-order valence-electron chi connectivity index (χ0n) is 11.1. The van der Waals surface area contributed by atoms with Gasteiger partial charge in [0.1, 0.15) is 12.1 Å². The number of carbonyl (C=O) groups excluding carboxylic acids is 1. The number of amides is 1. The lowest BCUT2D eigenvalue weighted by Gasteiger charge is -2.11. The maximum absolute atomic E-state index is 11.5. The first kappa shape index (κ1) is 13.1. The van der Waals surface area contributed by atoms with Crippen LogP contribution in [0.5, 0.6) is 0 Å². The molecule has 0 saturated carbocycles. The number of benzene rings is 1. The molecule has 0 bridgehead atoms. The molecule has 1 heterocycles. The van der Waals surface area contributed by atoms with E-state index in [-0.39, 0.29) is 5.91 Å². The fourth-order valence-corrected chi connectivity index (χ4v) is 1.73. The normalized spacial score (nSPS) is 10.4. The molecule has 0 aliphatic carbocycles. The van der Waals surface area contributed by atoms with Crippen molar-refractivity contribution in [3.05, 3.63) is 24.5 Å². The average molecular weight is 259 g/mol. The highest BCUT2D eigenvalue weighted by Crippen LogP contribution is 2.20. The van der Waals surface area contributed by atoms with Crippen LogP contribution >= 0.6 is 0 Å². The first-order valence-electron chi connectivity index (χ1n) is 6.02. The van der Waals surface area contributed by atoms with Crippen LogP contribution < -0.4 is 11.1 Å². The molecule has 6 nitrogen and oxygen atoms in total. The van der Waals surface area contributed by atoms with Gasteiger partial charge in [0.2, 0.25) is 5.91 Å². The van der Waals surface area contributed by atoms with E-state index < -0.39 is 0 Å². The number of carbonyl (C=O) groups is 1. The Morgan fingerprint density at radius 2 is 2.16 bits per heavy atom. The van der Waals surface area contributed by atoms with Gasteiger partial charge in [-0.15, -0.1) is 0 Å². The molecule has 0 spiro atoms. The van der Waals surface area contributed by atoms with Crippen LogP contribution in [0.15, 0.2) is 24.5 Å². The van der Waals surface area contributed by atoms with Gasteiger partial charge < -0.3 is 16.0 Å². The van der Waals surface area contributed by atoms with Crippen molar-refractivity contribution in [2.75, 3.05) is 31.7 Å². The molecule has 3 N–H and O–H groups in total. The van der Waals surface area contributed by atoms with Crippen LogP contribution in [0.2, 0.25) is 0 Å². The monoisotopic (exact) mass is 259 g/mol. The number of nitrogen functional groups attached to an aromatic ring is 1. The number of rotatable bonds is 4. The van der Waals surface area contributed by atoms with E-state index in [9.17, 15) is 4.79 Å². The maximum atomic E-state index is 11.5. The Kier molecular flexibility index (Phi) is 3.79. The molecule has 0 aliphatic rings. The van der Waals surface area contributed by atoms with E-state index in [0.29, 0.717) is 18.7 Å². The molecular formula is C13H17N5O. The summed E-state index contributed by atoms with van der Waals surface area (Å²) in [6.45, 7) is 0.535. The van der Waals surface area contributed by atoms with Crippen molar-refractivity contribution in [1.82, 2.24) is 14.9 Å². The molecule has 0 radical (unpaired) electrons. The van der Waals surface area contributed by atoms with Gasteiger partial charge in [-0.05, 0) is 18.2 Å². The second kappa shape index (κ2) is 5.51. The molecule has 0 unspecified atom stereocenters. The van der Waals surface area contributed by atoms with Gasteiger partial charge in [-0.3, -0.25) is 4.79 Å². The molecule has 2 aromatic rings. The molecule has 0 fully saturated rings. The Balaban J connectivity index is 2.11. The van der Waals surface area contributed by atoms with Gasteiger partial charge in [0.05, 0.1) is 5.52 Å². The molecule has 0 saturated heterocycles. The second-order valence-corrected chi connectivity index (χ2v) is 4.46. The van der Waals surface area contributed by atoms with Crippen LogP contribution in [0.25, 0.3) is 10.9 Å². The quantitative estimate of drug-likeness (QED) is 0.803. The number of aromatic nitrogens is 2. The van der Waals surface area contributed by atoms with Crippen molar-refractivity contribution in [2.45, 2.75) is 6.42 Å². The van der Waals surface area contributed by atoms with Gasteiger partial charge in [0, 0.05) is 38.1 Å². The predicted octanol–water partition coefficient (Wildman–Crippen LogP) is 1.10. The number of fused-ring (bicyclic) bond motifs is 1. The molecule has 0 aliphatic heterocycles. The van der Waals surface area contributed by atoms with Crippen molar-refractivity contribution < 1.29 is 4.79 Å². The summed E-state index contributed by atoms with van der Waals surface area (Å²) in [7, 11) is 3.48. The Morgan fingerprint density at radius 3 is 2.89 bits per heavy atom. The number of nitrogens with zero attached hydrogens (tertiary/aromatic N) is 3. The fourth-order valence-electron chi connectivity index (χ4n) is 1.73. The summed E-state index contributed by atoms with van der Waals surface area (Å²) in [4.78, 5) is 21.4. The minimum Gasteiger partial charge on any atom is -0.399 e. The topological polar surface area (TPSA) is 84.1 Å². The molecule has 19 heavy (non-hydrogen) atoms. The lowest BCUT2D eigenvalue weighted by atomic mass is 10.2. The fraction of sp³-hybridized carbons (Fsp3) is 0.308. The van der Waals surface area contributed by atoms with Crippen molar-refractivity contribution in [3.63, 3.8) is 0 Å². The first-order chi connectivity index (χ1) is 9.08. The molecular weight excluding hydrogens is 242 g/mol. The van der Waals surface area contributed by atoms with Crippen LogP contribution in [-0.4, -0.2) is 41.4 Å². The third-order valence-corrected chi connectivity index (χ3v) is 2.79. The van der Waals surface area contributed by atoms with E-state index in [0.717, 1.165) is 16.7 Å². The molecule has 2 rings (SSSR count). The number of hydrogen-bond donors (Lipinski definition) is 2. The van der Waals surface area contributed by atoms with Gasteiger partial charge >= 0.3 is 0 Å². The summed E-state index contributed by atoms with van der Waals surface area (Å²) in [6.07, 6.45) is 1.91. The van der Waals surface area contributed by atoms with Gasteiger partial charge in [0.15, 0.2) is 0 Å². The Morgan fingerprint density at radius 1 is 1.37 bits per heavy atom. The zero-order chi connectivity index (χ0) is 13.8. The van der Waals surface area contributed by atoms with Crippen LogP contribution in [0.1, 0.15) is 6.42 Å². The minimum absolute atomic E-state index is 0.0788. The smallest absolute Gasteiger partial charge is 0.223 e. The summed E-state index contributed by atoms with van der Waals surface area (Å²) in [5.41, 5.74) is 7.17. The highest BCUT2D eigenvalue weighted by atomic mass is 16.2. The van der Waals surface area contributed by atoms with E-state index in [2.05, 4.69) is 15.3 Å². The molecule has 0 atom stereocenters. The van der Waals surface area contributed by atoms with Gasteiger partial charge in [-0.25, -0.2) is 9.97 Å². The largest absolute Gasteiger partial charge is 0.399 e. The lowest BCUT2D eigenvalue weighted by Crippen LogP contribution is -2.24. The second-order valence-electron chi connectivity index (χ2n) is 4.46. The number of nitrogens with two attached hydrogens (primary N) is 1. The molecule has 1 aromatic heterocycles. The Hall–Kier alpha value is -2.37. The van der Waals surface area contributed by atoms with Crippen LogP contribution in [0, 0.1) is 0 Å². The van der Waals surface area contributed by atoms with E-state index in [1.807, 2.05) is 12.1 Å². The third kappa shape index (κ3) is 3.09. The average Bonchev–Trinajstić information content (AvgIpc) is 2.38. The highest BCUT2D eigenvalue weighted by Gasteiger charge is 2.06. The van der Waals surface area contributed by atoms with Crippen molar-refractivity contribution >= 4 is 28.3 Å². The molecule has 1 aromatic carbocycles. The summed E-state index contributed by atoms with van der Waals surface area (Å²) in [5, 5.41) is 4.05. The summed E-state index contributed by atoms with van der Waals surface area (Å²) in [6, 6.07) is 5.48. The van der Waals surface area contributed by atoms with Crippen molar-refractivity contribution in [1.29, 1.82) is 0 Å². The number of hydrogen-bond acceptors (Lipinski definition) is 5. The number of nitrogens with one attached hydrogen (secondary N) is 1. The van der Waals surface area contributed by atoms with Crippen molar-refractivity contribution in [3.8, 4) is 0 Å². The lowest BCUT2D eigenvalue weighted by molar-refractivity contribution is -0.128. The predicted molar refractivity (Wildman–Crippen MR) is 75.8 cm³/mol. The Labute approximate surface area is 111 Å².